The summed E-state index contributed by atoms with van der Waals surface area (Å²) in [6.07, 6.45) is 2.76. The highest BCUT2D eigenvalue weighted by atomic mass is 19.1. The van der Waals surface area contributed by atoms with Gasteiger partial charge in [0.25, 0.3) is 5.91 Å². The third-order valence-corrected chi connectivity index (χ3v) is 4.45. The minimum atomic E-state index is -0.257. The van der Waals surface area contributed by atoms with Crippen molar-refractivity contribution in [3.8, 4) is 0 Å². The second-order valence-electron chi connectivity index (χ2n) is 6.64. The maximum atomic E-state index is 13.1. The van der Waals surface area contributed by atoms with Gasteiger partial charge in [-0.25, -0.2) is 4.39 Å². The third kappa shape index (κ3) is 4.34. The Morgan fingerprint density at radius 2 is 1.96 bits per heavy atom. The number of benzene rings is 1. The number of amides is 1. The van der Waals surface area contributed by atoms with Gasteiger partial charge < -0.3 is 9.64 Å². The highest BCUT2D eigenvalue weighted by molar-refractivity contribution is 5.94. The van der Waals surface area contributed by atoms with E-state index in [1.807, 2.05) is 11.8 Å². The lowest BCUT2D eigenvalue weighted by Gasteiger charge is -2.37. The predicted octanol–water partition coefficient (Wildman–Crippen LogP) is 4.28. The number of carbonyl (C=O) groups is 1. The molecule has 0 aromatic heterocycles. The highest BCUT2D eigenvalue weighted by Crippen LogP contribution is 2.29. The first-order chi connectivity index (χ1) is 10.9. The molecule has 1 aromatic carbocycles. The number of nitrogens with zero attached hydrogens (tertiary/aromatic N) is 1. The molecule has 1 aromatic rings. The van der Waals surface area contributed by atoms with Crippen molar-refractivity contribution in [1.29, 1.82) is 0 Å². The fourth-order valence-electron chi connectivity index (χ4n) is 2.99. The van der Waals surface area contributed by atoms with E-state index < -0.39 is 0 Å². The van der Waals surface area contributed by atoms with E-state index in [-0.39, 0.29) is 17.8 Å². The van der Waals surface area contributed by atoms with Crippen LogP contribution in [-0.4, -0.2) is 24.0 Å². The molecule has 1 unspecified atom stereocenters. The van der Waals surface area contributed by atoms with Crippen molar-refractivity contribution < 1.29 is 13.9 Å². The Hall–Kier alpha value is -1.84. The molecule has 0 spiro atoms. The lowest BCUT2D eigenvalue weighted by Crippen LogP contribution is -2.44. The lowest BCUT2D eigenvalue weighted by atomic mass is 9.93. The van der Waals surface area contributed by atoms with Crippen LogP contribution in [0.15, 0.2) is 35.6 Å². The molecule has 0 aliphatic carbocycles. The molecule has 1 aliphatic heterocycles. The molecule has 3 nitrogen and oxygen atoms in total. The maximum Gasteiger partial charge on any atom is 0.253 e. The Bertz CT molecular complexity index is 578. The van der Waals surface area contributed by atoms with Gasteiger partial charge in [0.2, 0.25) is 0 Å². The van der Waals surface area contributed by atoms with Gasteiger partial charge in [-0.05, 0) is 43.4 Å². The topological polar surface area (TPSA) is 29.5 Å². The van der Waals surface area contributed by atoms with Crippen molar-refractivity contribution >= 4 is 5.91 Å². The van der Waals surface area contributed by atoms with E-state index in [2.05, 4.69) is 13.8 Å². The van der Waals surface area contributed by atoms with Crippen LogP contribution in [0.2, 0.25) is 0 Å². The lowest BCUT2D eigenvalue weighted by molar-refractivity contribution is -0.132. The number of hydrogen-bond acceptors (Lipinski definition) is 2. The first kappa shape index (κ1) is 17.5. The summed E-state index contributed by atoms with van der Waals surface area (Å²) in [4.78, 5) is 14.6. The molecule has 0 fully saturated rings. The van der Waals surface area contributed by atoms with Crippen LogP contribution in [0, 0.1) is 11.7 Å². The molecule has 0 saturated heterocycles. The molecule has 4 heteroatoms. The normalized spacial score (nSPS) is 18.8. The Balaban J connectivity index is 2.21. The van der Waals surface area contributed by atoms with E-state index >= 15 is 0 Å². The Morgan fingerprint density at radius 1 is 1.30 bits per heavy atom. The summed E-state index contributed by atoms with van der Waals surface area (Å²) in [7, 11) is 1.63. The molecule has 1 aliphatic rings. The zero-order chi connectivity index (χ0) is 17.0. The molecule has 0 bridgehead atoms. The Labute approximate surface area is 138 Å². The monoisotopic (exact) mass is 319 g/mol. The first-order valence-corrected chi connectivity index (χ1v) is 8.21. The first-order valence-electron chi connectivity index (χ1n) is 8.21. The van der Waals surface area contributed by atoms with Gasteiger partial charge in [-0.3, -0.25) is 4.79 Å². The zero-order valence-electron chi connectivity index (χ0n) is 14.4. The third-order valence-electron chi connectivity index (χ3n) is 4.45. The summed E-state index contributed by atoms with van der Waals surface area (Å²) in [5.74, 6) is 1.15. The number of ether oxygens (including phenoxy) is 1. The molecule has 1 heterocycles. The van der Waals surface area contributed by atoms with Crippen LogP contribution in [0.25, 0.3) is 0 Å². The van der Waals surface area contributed by atoms with E-state index in [4.69, 9.17) is 4.74 Å². The second kappa shape index (κ2) is 7.62. The van der Waals surface area contributed by atoms with Gasteiger partial charge in [0.15, 0.2) is 0 Å². The van der Waals surface area contributed by atoms with E-state index in [0.717, 1.165) is 30.6 Å². The summed E-state index contributed by atoms with van der Waals surface area (Å²) in [5, 5.41) is 0. The van der Waals surface area contributed by atoms with Crippen LogP contribution < -0.4 is 0 Å². The number of carbonyl (C=O) groups excluding carboxylic acids is 1. The van der Waals surface area contributed by atoms with Crippen molar-refractivity contribution in [2.24, 2.45) is 5.92 Å². The molecule has 2 rings (SSSR count). The van der Waals surface area contributed by atoms with Crippen molar-refractivity contribution in [3.63, 3.8) is 0 Å². The summed E-state index contributed by atoms with van der Waals surface area (Å²) in [5.41, 5.74) is 1.62. The smallest absolute Gasteiger partial charge is 0.253 e. The van der Waals surface area contributed by atoms with Gasteiger partial charge in [0.05, 0.1) is 12.7 Å². The minimum absolute atomic E-state index is 0.0196. The summed E-state index contributed by atoms with van der Waals surface area (Å²) in [6.45, 7) is 6.70. The van der Waals surface area contributed by atoms with Gasteiger partial charge in [-0.1, -0.05) is 26.0 Å². The molecule has 1 amide bonds. The molecular weight excluding hydrogens is 293 g/mol. The number of halogens is 1. The number of hydrogen-bond donors (Lipinski definition) is 0. The van der Waals surface area contributed by atoms with Crippen LogP contribution in [0.1, 0.15) is 45.6 Å². The van der Waals surface area contributed by atoms with Crippen molar-refractivity contribution in [2.45, 2.75) is 52.6 Å². The van der Waals surface area contributed by atoms with Gasteiger partial charge >= 0.3 is 0 Å². The van der Waals surface area contributed by atoms with Gasteiger partial charge in [0.1, 0.15) is 11.6 Å². The van der Waals surface area contributed by atoms with Gasteiger partial charge in [0, 0.05) is 19.0 Å². The van der Waals surface area contributed by atoms with Gasteiger partial charge in [-0.2, -0.15) is 0 Å². The van der Waals surface area contributed by atoms with Crippen molar-refractivity contribution in [2.75, 3.05) is 7.11 Å². The van der Waals surface area contributed by atoms with E-state index in [9.17, 15) is 9.18 Å². The summed E-state index contributed by atoms with van der Waals surface area (Å²) in [6, 6.07) is 6.50. The van der Waals surface area contributed by atoms with Crippen LogP contribution >= 0.6 is 0 Å². The van der Waals surface area contributed by atoms with Crippen LogP contribution in [0.4, 0.5) is 4.39 Å². The average molecular weight is 319 g/mol. The average Bonchev–Trinajstić information content (AvgIpc) is 2.53. The fraction of sp³-hybridized carbons (Fsp3) is 0.526. The number of rotatable bonds is 6. The van der Waals surface area contributed by atoms with Gasteiger partial charge in [-0.15, -0.1) is 0 Å². The predicted molar refractivity (Wildman–Crippen MR) is 89.1 cm³/mol. The fourth-order valence-corrected chi connectivity index (χ4v) is 2.99. The van der Waals surface area contributed by atoms with Crippen LogP contribution in [0.3, 0.4) is 0 Å². The molecule has 126 valence electrons. The van der Waals surface area contributed by atoms with Crippen LogP contribution in [0.5, 0.6) is 0 Å². The SMILES string of the molecule is COC1=C(C)C(=O)N(Cc2ccc(F)cc2)C(CCC(C)C)C1. The maximum absolute atomic E-state index is 13.1. The molecule has 0 radical (unpaired) electrons. The van der Waals surface area contributed by atoms with E-state index in [0.29, 0.717) is 18.0 Å². The number of methoxy groups -OCH3 is 1. The van der Waals surface area contributed by atoms with Crippen molar-refractivity contribution in [1.82, 2.24) is 4.90 Å². The second-order valence-corrected chi connectivity index (χ2v) is 6.64. The molecular formula is C19H26FNO2. The standard InChI is InChI=1S/C19H26FNO2/c1-13(2)5-10-17-11-18(23-4)14(3)19(22)21(17)12-15-6-8-16(20)9-7-15/h6-9,13,17H,5,10-12H2,1-4H3. The van der Waals surface area contributed by atoms with E-state index in [1.165, 1.54) is 12.1 Å². The Kier molecular flexibility index (Phi) is 5.80. The van der Waals surface area contributed by atoms with Crippen molar-refractivity contribution in [3.05, 3.63) is 47.0 Å². The largest absolute Gasteiger partial charge is 0.501 e. The van der Waals surface area contributed by atoms with Crippen LogP contribution in [-0.2, 0) is 16.1 Å². The summed E-state index contributed by atoms with van der Waals surface area (Å²) >= 11 is 0. The highest BCUT2D eigenvalue weighted by Gasteiger charge is 2.32. The quantitative estimate of drug-likeness (QED) is 0.783. The minimum Gasteiger partial charge on any atom is -0.501 e. The zero-order valence-corrected chi connectivity index (χ0v) is 14.4. The molecule has 23 heavy (non-hydrogen) atoms. The Morgan fingerprint density at radius 3 is 2.52 bits per heavy atom. The van der Waals surface area contributed by atoms with E-state index in [1.54, 1.807) is 19.2 Å². The molecule has 0 saturated carbocycles. The summed E-state index contributed by atoms with van der Waals surface area (Å²) < 4.78 is 18.5. The molecule has 0 N–H and O–H groups in total. The molecule has 1 atom stereocenters.